The van der Waals surface area contributed by atoms with Crippen LogP contribution in [-0.4, -0.2) is 34.2 Å². The Balaban J connectivity index is 2.57. The summed E-state index contributed by atoms with van der Waals surface area (Å²) in [6.45, 7) is 6.00. The largest absolute Gasteiger partial charge is 0.390 e. The first-order chi connectivity index (χ1) is 7.04. The summed E-state index contributed by atoms with van der Waals surface area (Å²) in [5.74, 6) is 0. The van der Waals surface area contributed by atoms with Gasteiger partial charge >= 0.3 is 0 Å². The zero-order valence-corrected chi connectivity index (χ0v) is 9.84. The van der Waals surface area contributed by atoms with E-state index < -0.39 is 6.10 Å². The van der Waals surface area contributed by atoms with E-state index in [4.69, 9.17) is 4.74 Å². The van der Waals surface area contributed by atoms with Crippen molar-refractivity contribution in [2.24, 2.45) is 0 Å². The summed E-state index contributed by atoms with van der Waals surface area (Å²) in [6.07, 6.45) is 1.82. The minimum absolute atomic E-state index is 0.158. The van der Waals surface area contributed by atoms with Gasteiger partial charge in [0, 0.05) is 25.8 Å². The van der Waals surface area contributed by atoms with E-state index >= 15 is 0 Å². The lowest BCUT2D eigenvalue weighted by Crippen LogP contribution is -2.27. The molecule has 0 aliphatic rings. The van der Waals surface area contributed by atoms with Gasteiger partial charge in [0.2, 0.25) is 0 Å². The van der Waals surface area contributed by atoms with Gasteiger partial charge in [0.15, 0.2) is 0 Å². The molecule has 15 heavy (non-hydrogen) atoms. The molecule has 1 N–H and O–H groups in total. The Morgan fingerprint density at radius 1 is 1.47 bits per heavy atom. The highest BCUT2D eigenvalue weighted by Crippen LogP contribution is 2.08. The Bertz CT molecular complexity index is 297. The number of aromatic nitrogens is 2. The smallest absolute Gasteiger partial charge is 0.0854 e. The number of aliphatic hydroxyl groups excluding tert-OH is 1. The summed E-state index contributed by atoms with van der Waals surface area (Å²) >= 11 is 0. The molecule has 0 aromatic carbocycles. The van der Waals surface area contributed by atoms with Gasteiger partial charge in [-0.3, -0.25) is 4.68 Å². The Hall–Kier alpha value is -0.870. The zero-order valence-electron chi connectivity index (χ0n) is 9.84. The molecular formula is C11H20N2O2. The van der Waals surface area contributed by atoms with Gasteiger partial charge in [-0.2, -0.15) is 5.10 Å². The van der Waals surface area contributed by atoms with Crippen LogP contribution in [0.4, 0.5) is 0 Å². The highest BCUT2D eigenvalue weighted by atomic mass is 16.5. The monoisotopic (exact) mass is 212 g/mol. The topological polar surface area (TPSA) is 47.3 Å². The van der Waals surface area contributed by atoms with E-state index in [1.807, 2.05) is 23.9 Å². The van der Waals surface area contributed by atoms with Crippen molar-refractivity contribution in [2.75, 3.05) is 7.11 Å². The van der Waals surface area contributed by atoms with E-state index in [0.717, 1.165) is 5.69 Å². The highest BCUT2D eigenvalue weighted by molar-refractivity contribution is 5.01. The van der Waals surface area contributed by atoms with Crippen molar-refractivity contribution in [3.05, 3.63) is 18.0 Å². The molecular weight excluding hydrogens is 192 g/mol. The van der Waals surface area contributed by atoms with Crippen molar-refractivity contribution in [2.45, 2.75) is 45.4 Å². The zero-order chi connectivity index (χ0) is 11.4. The lowest BCUT2D eigenvalue weighted by atomic mass is 10.1. The van der Waals surface area contributed by atoms with Crippen LogP contribution in [0.5, 0.6) is 0 Å². The second-order valence-corrected chi connectivity index (χ2v) is 4.09. The van der Waals surface area contributed by atoms with Gasteiger partial charge in [0.25, 0.3) is 0 Å². The molecule has 0 saturated heterocycles. The van der Waals surface area contributed by atoms with Crippen LogP contribution in [0.15, 0.2) is 12.3 Å². The van der Waals surface area contributed by atoms with Gasteiger partial charge in [0.05, 0.1) is 17.9 Å². The molecule has 0 amide bonds. The fraction of sp³-hybridized carbons (Fsp3) is 0.727. The van der Waals surface area contributed by atoms with Crippen LogP contribution in [0.1, 0.15) is 32.5 Å². The summed E-state index contributed by atoms with van der Waals surface area (Å²) in [7, 11) is 1.60. The minimum Gasteiger partial charge on any atom is -0.390 e. The van der Waals surface area contributed by atoms with Gasteiger partial charge in [-0.05, 0) is 26.8 Å². The number of nitrogens with zero attached hydrogens (tertiary/aromatic N) is 2. The molecule has 1 rings (SSSR count). The molecule has 86 valence electrons. The minimum atomic E-state index is -0.495. The first kappa shape index (κ1) is 12.2. The second-order valence-electron chi connectivity index (χ2n) is 4.09. The third-order valence-corrected chi connectivity index (χ3v) is 2.52. The van der Waals surface area contributed by atoms with Crippen molar-refractivity contribution >= 4 is 0 Å². The van der Waals surface area contributed by atoms with E-state index in [9.17, 15) is 5.11 Å². The molecule has 4 heteroatoms. The maximum absolute atomic E-state index is 9.74. The first-order valence-electron chi connectivity index (χ1n) is 5.29. The second kappa shape index (κ2) is 5.28. The van der Waals surface area contributed by atoms with Crippen molar-refractivity contribution in [3.63, 3.8) is 0 Å². The summed E-state index contributed by atoms with van der Waals surface area (Å²) < 4.78 is 6.94. The van der Waals surface area contributed by atoms with E-state index in [0.29, 0.717) is 12.5 Å². The fourth-order valence-electron chi connectivity index (χ4n) is 1.31. The van der Waals surface area contributed by atoms with Crippen LogP contribution in [-0.2, 0) is 11.2 Å². The number of methoxy groups -OCH3 is 1. The summed E-state index contributed by atoms with van der Waals surface area (Å²) in [5.41, 5.74) is 0.903. The maximum Gasteiger partial charge on any atom is 0.0854 e. The molecule has 1 heterocycles. The van der Waals surface area contributed by atoms with Crippen molar-refractivity contribution < 1.29 is 9.84 Å². The SMILES string of the molecule is COC(C)C(O)Cc1ccn(C(C)C)n1. The van der Waals surface area contributed by atoms with Crippen LogP contribution in [0.25, 0.3) is 0 Å². The average Bonchev–Trinajstić information content (AvgIpc) is 2.65. The molecule has 0 fully saturated rings. The Morgan fingerprint density at radius 2 is 2.13 bits per heavy atom. The van der Waals surface area contributed by atoms with Crippen LogP contribution in [0.3, 0.4) is 0 Å². The first-order valence-corrected chi connectivity index (χ1v) is 5.29. The van der Waals surface area contributed by atoms with Crippen LogP contribution < -0.4 is 0 Å². The van der Waals surface area contributed by atoms with Gasteiger partial charge in [-0.15, -0.1) is 0 Å². The number of aliphatic hydroxyl groups is 1. The number of ether oxygens (including phenoxy) is 1. The van der Waals surface area contributed by atoms with Gasteiger partial charge in [-0.25, -0.2) is 0 Å². The van der Waals surface area contributed by atoms with Crippen molar-refractivity contribution in [1.82, 2.24) is 9.78 Å². The lowest BCUT2D eigenvalue weighted by molar-refractivity contribution is -0.000119. The quantitative estimate of drug-likeness (QED) is 0.802. The lowest BCUT2D eigenvalue weighted by Gasteiger charge is -2.15. The Kier molecular flexibility index (Phi) is 4.29. The molecule has 2 unspecified atom stereocenters. The van der Waals surface area contributed by atoms with E-state index in [1.54, 1.807) is 7.11 Å². The predicted molar refractivity (Wildman–Crippen MR) is 58.8 cm³/mol. The molecule has 0 bridgehead atoms. The summed E-state index contributed by atoms with van der Waals surface area (Å²) in [4.78, 5) is 0. The van der Waals surface area contributed by atoms with E-state index in [2.05, 4.69) is 18.9 Å². The van der Waals surface area contributed by atoms with E-state index in [-0.39, 0.29) is 6.10 Å². The predicted octanol–water partition coefficient (Wildman–Crippen LogP) is 1.40. The van der Waals surface area contributed by atoms with Crippen LogP contribution >= 0.6 is 0 Å². The van der Waals surface area contributed by atoms with Gasteiger partial charge in [0.1, 0.15) is 0 Å². The molecule has 1 aromatic heterocycles. The number of rotatable bonds is 5. The van der Waals surface area contributed by atoms with Gasteiger partial charge in [-0.1, -0.05) is 0 Å². The highest BCUT2D eigenvalue weighted by Gasteiger charge is 2.15. The molecule has 2 atom stereocenters. The molecule has 1 aromatic rings. The normalized spacial score (nSPS) is 15.6. The molecule has 4 nitrogen and oxygen atoms in total. The maximum atomic E-state index is 9.74. The number of hydrogen-bond donors (Lipinski definition) is 1. The summed E-state index contributed by atoms with van der Waals surface area (Å²) in [6, 6.07) is 2.29. The molecule has 0 aliphatic carbocycles. The standard InChI is InChI=1S/C11H20N2O2/c1-8(2)13-6-5-10(12-13)7-11(14)9(3)15-4/h5-6,8-9,11,14H,7H2,1-4H3. The molecule has 0 radical (unpaired) electrons. The van der Waals surface area contributed by atoms with Crippen molar-refractivity contribution in [3.8, 4) is 0 Å². The Labute approximate surface area is 90.9 Å². The molecule has 0 aliphatic heterocycles. The molecule has 0 spiro atoms. The third-order valence-electron chi connectivity index (χ3n) is 2.52. The third kappa shape index (κ3) is 3.32. The Morgan fingerprint density at radius 3 is 2.60 bits per heavy atom. The average molecular weight is 212 g/mol. The molecule has 0 saturated carbocycles. The van der Waals surface area contributed by atoms with Crippen LogP contribution in [0.2, 0.25) is 0 Å². The van der Waals surface area contributed by atoms with Crippen LogP contribution in [0, 0.1) is 0 Å². The fourth-order valence-corrected chi connectivity index (χ4v) is 1.31. The van der Waals surface area contributed by atoms with E-state index in [1.165, 1.54) is 0 Å². The number of hydrogen-bond acceptors (Lipinski definition) is 3. The van der Waals surface area contributed by atoms with Gasteiger partial charge < -0.3 is 9.84 Å². The van der Waals surface area contributed by atoms with Crippen molar-refractivity contribution in [1.29, 1.82) is 0 Å². The summed E-state index contributed by atoms with van der Waals surface area (Å²) in [5, 5.41) is 14.1.